The van der Waals surface area contributed by atoms with Crippen LogP contribution in [0.25, 0.3) is 6.08 Å². The summed E-state index contributed by atoms with van der Waals surface area (Å²) in [4.78, 5) is 100. The molecule has 424 valence electrons. The second-order valence-corrected chi connectivity index (χ2v) is 27.2. The fourth-order valence-corrected chi connectivity index (χ4v) is 14.0. The van der Waals surface area contributed by atoms with Gasteiger partial charge in [-0.15, -0.1) is 0 Å². The molecule has 0 aliphatic rings. The lowest BCUT2D eigenvalue weighted by atomic mass is 9.95. The molecule has 0 fully saturated rings. The van der Waals surface area contributed by atoms with E-state index in [2.05, 4.69) is 67.8 Å². The summed E-state index contributed by atoms with van der Waals surface area (Å²) in [5.41, 5.74) is 1.81. The minimum atomic E-state index is -2.31. The lowest BCUT2D eigenvalue weighted by Crippen LogP contribution is -2.52. The number of carbonyl (C=O) groups excluding carboxylic acids is 7. The zero-order valence-electron chi connectivity index (χ0n) is 47.7. The second kappa shape index (κ2) is 30.3. The molecule has 4 N–H and O–H groups in total. The molecule has 4 amide bonds. The Morgan fingerprint density at radius 2 is 1.04 bits per heavy atom. The summed E-state index contributed by atoms with van der Waals surface area (Å²) in [6, 6.07) is 31.1. The molecule has 0 bridgehead atoms. The molecule has 0 aromatic heterocycles. The molecular weight excluding hydrogens is 1020 g/mol. The van der Waals surface area contributed by atoms with E-state index in [1.54, 1.807) is 139 Å². The minimum Gasteiger partial charge on any atom is -0.543 e. The number of alkyl carbamates (subject to hydrolysis) is 3. The predicted octanol–water partition coefficient (Wildman–Crippen LogP) is 11.3. The zero-order chi connectivity index (χ0) is 58.3. The van der Waals surface area contributed by atoms with E-state index in [9.17, 15) is 33.6 Å². The molecule has 4 aromatic carbocycles. The molecule has 18 heteroatoms. The average Bonchev–Trinajstić information content (AvgIpc) is 3.38. The van der Waals surface area contributed by atoms with Crippen molar-refractivity contribution in [2.45, 2.75) is 155 Å². The van der Waals surface area contributed by atoms with Crippen LogP contribution in [0.3, 0.4) is 0 Å². The molecule has 17 nitrogen and oxygen atoms in total. The lowest BCUT2D eigenvalue weighted by Gasteiger charge is -2.42. The van der Waals surface area contributed by atoms with Crippen LogP contribution >= 0.6 is 0 Å². The van der Waals surface area contributed by atoms with Gasteiger partial charge in [-0.3, -0.25) is 30.0 Å². The Bertz CT molecular complexity index is 2670. The Balaban J connectivity index is 1.65. The first-order valence-electron chi connectivity index (χ1n) is 26.6. The number of ether oxygens (including phenoxy) is 4. The molecular formula is C61H79N5O12Si. The van der Waals surface area contributed by atoms with Gasteiger partial charge in [0.05, 0.1) is 6.04 Å². The van der Waals surface area contributed by atoms with Gasteiger partial charge in [0, 0.05) is 24.6 Å². The third-order valence-electron chi connectivity index (χ3n) is 12.2. The zero-order valence-corrected chi connectivity index (χ0v) is 48.7. The quantitative estimate of drug-likeness (QED) is 0.00592. The maximum atomic E-state index is 14.9. The standard InChI is InChI=1S/C61H79N5O12Si/c1-41(2)79(42(3)4,43(5)6)78-49-33-30-45(31-34-49)37-48(32-35-52(67)76-60(7,8)9)53(68)51(38-44-23-16-13-17-24-44)63-55(70)54(69)50(64-59(73)77-61(10,11)12)29-22-36-62-56(65-57(71)74-39-46-25-18-14-19-26-46)66-58(72)75-40-47-27-20-15-21-28-47/h13-21,23-28,30-35,37,41-43,50-51H,22,29,36,38-40H2,1-12H3,(H,63,70)(H,64,73)(H2,62,65,66,71,72)/b35-32+,48-37+/t50-,51+/m0/s1. The topological polar surface area (TPSA) is 226 Å². The van der Waals surface area contributed by atoms with Gasteiger partial charge >= 0.3 is 24.2 Å². The smallest absolute Gasteiger partial charge is 0.414 e. The van der Waals surface area contributed by atoms with Gasteiger partial charge in [-0.05, 0) is 118 Å². The third kappa shape index (κ3) is 22.2. The molecule has 0 unspecified atom stereocenters. The maximum Gasteiger partial charge on any atom is 0.414 e. The molecule has 0 saturated carbocycles. The van der Waals surface area contributed by atoms with E-state index in [1.165, 1.54) is 6.08 Å². The monoisotopic (exact) mass is 1100 g/mol. The number of allylic oxidation sites excluding steroid dienone is 1. The molecule has 2 atom stereocenters. The van der Waals surface area contributed by atoms with E-state index >= 15 is 0 Å². The molecule has 0 aliphatic carbocycles. The first-order valence-corrected chi connectivity index (χ1v) is 28.7. The SMILES string of the molecule is CC(C)[Si](Oc1ccc(/C=C(\C=C\C(=O)OC(C)(C)C)C(=O)[C@@H](Cc2ccccc2)NC(=O)C(=O)[C@H](CCCN=C(NC(=O)OCc2ccccc2)NC(=O)OCc2ccccc2)NC(=O)OC(C)(C)C)cc1)(C(C)C)C(C)C. The molecule has 4 aromatic rings. The van der Waals surface area contributed by atoms with Crippen molar-refractivity contribution in [1.29, 1.82) is 0 Å². The van der Waals surface area contributed by atoms with E-state index in [0.717, 1.165) is 6.08 Å². The summed E-state index contributed by atoms with van der Waals surface area (Å²) < 4.78 is 28.5. The van der Waals surface area contributed by atoms with E-state index in [0.29, 0.717) is 44.6 Å². The highest BCUT2D eigenvalue weighted by Gasteiger charge is 2.47. The molecule has 0 aliphatic heterocycles. The normalized spacial score (nSPS) is 12.7. The number of esters is 1. The highest BCUT2D eigenvalue weighted by Crippen LogP contribution is 2.42. The number of hydrogen-bond donors (Lipinski definition) is 4. The fourth-order valence-electron chi connectivity index (χ4n) is 8.74. The van der Waals surface area contributed by atoms with Crippen molar-refractivity contribution in [3.63, 3.8) is 0 Å². The highest BCUT2D eigenvalue weighted by atomic mass is 28.4. The molecule has 79 heavy (non-hydrogen) atoms. The summed E-state index contributed by atoms with van der Waals surface area (Å²) in [6.07, 6.45) is 0.883. The van der Waals surface area contributed by atoms with Crippen LogP contribution < -0.4 is 25.7 Å². The highest BCUT2D eigenvalue weighted by molar-refractivity contribution is 6.78. The van der Waals surface area contributed by atoms with E-state index in [-0.39, 0.29) is 50.6 Å². The number of nitrogens with zero attached hydrogens (tertiary/aromatic N) is 1. The molecule has 0 heterocycles. The van der Waals surface area contributed by atoms with Crippen molar-refractivity contribution in [3.8, 4) is 5.75 Å². The van der Waals surface area contributed by atoms with Gasteiger partial charge in [0.25, 0.3) is 14.2 Å². The molecule has 0 spiro atoms. The Kier molecular flexibility index (Phi) is 24.4. The Morgan fingerprint density at radius 3 is 1.51 bits per heavy atom. The van der Waals surface area contributed by atoms with Crippen LogP contribution in [0.2, 0.25) is 16.6 Å². The van der Waals surface area contributed by atoms with Crippen LogP contribution in [0.15, 0.2) is 138 Å². The van der Waals surface area contributed by atoms with Gasteiger partial charge in [0.1, 0.15) is 36.2 Å². The van der Waals surface area contributed by atoms with E-state index in [4.69, 9.17) is 23.4 Å². The summed E-state index contributed by atoms with van der Waals surface area (Å²) in [6.45, 7) is 22.9. The number of rotatable bonds is 24. The van der Waals surface area contributed by atoms with Gasteiger partial charge in [0.2, 0.25) is 11.7 Å². The molecule has 0 saturated heterocycles. The van der Waals surface area contributed by atoms with E-state index in [1.807, 2.05) is 24.3 Å². The minimum absolute atomic E-state index is 0.00139. The van der Waals surface area contributed by atoms with Crippen molar-refractivity contribution in [2.24, 2.45) is 4.99 Å². The number of carbonyl (C=O) groups is 7. The van der Waals surface area contributed by atoms with Crippen molar-refractivity contribution in [1.82, 2.24) is 21.3 Å². The van der Waals surface area contributed by atoms with Gasteiger partial charge in [-0.25, -0.2) is 19.2 Å². The van der Waals surface area contributed by atoms with Crippen molar-refractivity contribution in [2.75, 3.05) is 6.54 Å². The van der Waals surface area contributed by atoms with Gasteiger partial charge in [-0.1, -0.05) is 145 Å². The summed E-state index contributed by atoms with van der Waals surface area (Å²) in [5, 5.41) is 9.96. The summed E-state index contributed by atoms with van der Waals surface area (Å²) in [7, 11) is -2.31. The molecule has 4 rings (SSSR count). The number of guanidine groups is 1. The number of nitrogens with one attached hydrogen (secondary N) is 4. The number of hydrogen-bond acceptors (Lipinski definition) is 13. The number of benzene rings is 4. The third-order valence-corrected chi connectivity index (χ3v) is 18.2. The summed E-state index contributed by atoms with van der Waals surface area (Å²) in [5.74, 6) is -3.30. The Labute approximate surface area is 466 Å². The number of ketones is 2. The fraction of sp³-hybridized carbons (Fsp3) is 0.410. The average molecular weight is 1100 g/mol. The Hall–Kier alpha value is -7.86. The first kappa shape index (κ1) is 63.7. The Morgan fingerprint density at radius 1 is 0.557 bits per heavy atom. The van der Waals surface area contributed by atoms with Gasteiger partial charge in [0.15, 0.2) is 5.78 Å². The predicted molar refractivity (Wildman–Crippen MR) is 307 cm³/mol. The van der Waals surface area contributed by atoms with Crippen LogP contribution in [-0.2, 0) is 57.8 Å². The van der Waals surface area contributed by atoms with Crippen molar-refractivity contribution in [3.05, 3.63) is 155 Å². The van der Waals surface area contributed by atoms with Crippen LogP contribution in [0.4, 0.5) is 14.4 Å². The van der Waals surface area contributed by atoms with Crippen LogP contribution in [-0.4, -0.2) is 85.8 Å². The largest absolute Gasteiger partial charge is 0.543 e. The number of amides is 4. The van der Waals surface area contributed by atoms with Crippen LogP contribution in [0.5, 0.6) is 5.75 Å². The summed E-state index contributed by atoms with van der Waals surface area (Å²) >= 11 is 0. The van der Waals surface area contributed by atoms with Gasteiger partial charge in [-0.2, -0.15) is 0 Å². The van der Waals surface area contributed by atoms with Crippen molar-refractivity contribution < 1.29 is 56.9 Å². The van der Waals surface area contributed by atoms with Gasteiger partial charge < -0.3 is 34.0 Å². The van der Waals surface area contributed by atoms with E-state index < -0.39 is 73.3 Å². The first-order chi connectivity index (χ1) is 37.2. The van der Waals surface area contributed by atoms with Crippen molar-refractivity contribution >= 4 is 62.1 Å². The maximum absolute atomic E-state index is 14.9. The van der Waals surface area contributed by atoms with Crippen LogP contribution in [0, 0.1) is 0 Å². The molecule has 0 radical (unpaired) electrons. The van der Waals surface area contributed by atoms with Crippen LogP contribution in [0.1, 0.15) is 118 Å². The lowest BCUT2D eigenvalue weighted by molar-refractivity contribution is -0.148. The number of aliphatic imine (C=N–C) groups is 1. The second-order valence-electron chi connectivity index (χ2n) is 21.8. The number of Topliss-reactive ketones (excluding diaryl/α,β-unsaturated/α-hetero) is 2.